The van der Waals surface area contributed by atoms with E-state index in [1.165, 1.54) is 12.1 Å². The molecule has 0 saturated carbocycles. The summed E-state index contributed by atoms with van der Waals surface area (Å²) in [4.78, 5) is 4.13. The third-order valence-electron chi connectivity index (χ3n) is 3.07. The number of hydrogen-bond donors (Lipinski definition) is 0. The fourth-order valence-electron chi connectivity index (χ4n) is 2.03. The largest absolute Gasteiger partial charge is 0.480 e. The van der Waals surface area contributed by atoms with Gasteiger partial charge in [-0.1, -0.05) is 18.6 Å². The zero-order valence-corrected chi connectivity index (χ0v) is 12.9. The minimum atomic E-state index is -4.45. The maximum Gasteiger partial charge on any atom is 0.416 e. The zero-order chi connectivity index (χ0) is 17.7. The first-order valence-corrected chi connectivity index (χ1v) is 6.94. The van der Waals surface area contributed by atoms with Crippen LogP contribution in [0.3, 0.4) is 0 Å². The summed E-state index contributed by atoms with van der Waals surface area (Å²) in [5.74, 6) is 2.86. The molecule has 2 aromatic rings. The lowest BCUT2D eigenvalue weighted by atomic mass is 10.2. The van der Waals surface area contributed by atoms with E-state index < -0.39 is 11.7 Å². The second-order valence-corrected chi connectivity index (χ2v) is 4.66. The summed E-state index contributed by atoms with van der Waals surface area (Å²) >= 11 is 0. The number of hydrogen-bond acceptors (Lipinski definition) is 3. The molecule has 0 saturated heterocycles. The average Bonchev–Trinajstić information content (AvgIpc) is 2.96. The maximum absolute atomic E-state index is 12.8. The number of oxazole rings is 1. The van der Waals surface area contributed by atoms with E-state index >= 15 is 0 Å². The smallest absolute Gasteiger partial charge is 0.416 e. The summed E-state index contributed by atoms with van der Waals surface area (Å²) in [6.07, 6.45) is 5.46. The minimum absolute atomic E-state index is 0.0343. The van der Waals surface area contributed by atoms with Crippen LogP contribution < -0.4 is 0 Å². The second kappa shape index (κ2) is 7.09. The maximum atomic E-state index is 12.8. The predicted molar refractivity (Wildman–Crippen MR) is 85.7 cm³/mol. The quantitative estimate of drug-likeness (QED) is 0.440. The van der Waals surface area contributed by atoms with Gasteiger partial charge in [0.25, 0.3) is 0 Å². The van der Waals surface area contributed by atoms with Gasteiger partial charge >= 0.3 is 6.18 Å². The first kappa shape index (κ1) is 17.4. The Balaban J connectivity index is 2.50. The van der Waals surface area contributed by atoms with Crippen LogP contribution in [0.15, 0.2) is 53.2 Å². The van der Waals surface area contributed by atoms with Crippen LogP contribution >= 0.6 is 0 Å². The van der Waals surface area contributed by atoms with Gasteiger partial charge in [0.2, 0.25) is 5.89 Å². The summed E-state index contributed by atoms with van der Waals surface area (Å²) in [5, 5.41) is 0. The molecule has 2 rings (SSSR count). The van der Waals surface area contributed by atoms with E-state index in [9.17, 15) is 13.2 Å². The van der Waals surface area contributed by atoms with Gasteiger partial charge in [0.05, 0.1) is 11.1 Å². The number of benzene rings is 1. The third-order valence-corrected chi connectivity index (χ3v) is 3.07. The average molecular weight is 333 g/mol. The Morgan fingerprint density at radius 3 is 2.79 bits per heavy atom. The molecule has 0 amide bonds. The fourth-order valence-corrected chi connectivity index (χ4v) is 2.03. The standard InChI is InChI=1S/C18H14F3NO2/c1-4-7-13(15(6-3)23-10-5-2)17-22-14-11-12(18(19,20)21)8-9-16(14)24-17/h2,4,6-9,11H,1,10H2,3H3/b13-7+,15-6+. The van der Waals surface area contributed by atoms with Crippen molar-refractivity contribution in [3.63, 3.8) is 0 Å². The first-order valence-electron chi connectivity index (χ1n) is 6.94. The van der Waals surface area contributed by atoms with E-state index in [1.54, 1.807) is 19.1 Å². The number of allylic oxidation sites excluding steroid dienone is 4. The van der Waals surface area contributed by atoms with Gasteiger partial charge in [-0.3, -0.25) is 0 Å². The van der Waals surface area contributed by atoms with Gasteiger partial charge in [0.1, 0.15) is 17.9 Å². The van der Waals surface area contributed by atoms with E-state index in [4.69, 9.17) is 15.6 Å². The lowest BCUT2D eigenvalue weighted by Crippen LogP contribution is -2.04. The normalized spacial score (nSPS) is 13.0. The van der Waals surface area contributed by atoms with Crippen LogP contribution in [0.4, 0.5) is 13.2 Å². The molecule has 0 fully saturated rings. The number of halogens is 3. The van der Waals surface area contributed by atoms with Crippen molar-refractivity contribution >= 4 is 16.7 Å². The SMILES string of the molecule is C#CCOC(=C/C)/C(=C\C=C)c1nc2cc(C(F)(F)F)ccc2o1. The van der Waals surface area contributed by atoms with E-state index in [1.807, 2.05) is 0 Å². The van der Waals surface area contributed by atoms with Crippen molar-refractivity contribution < 1.29 is 22.3 Å². The van der Waals surface area contributed by atoms with Crippen molar-refractivity contribution in [3.05, 3.63) is 60.2 Å². The summed E-state index contributed by atoms with van der Waals surface area (Å²) < 4.78 is 49.3. The molecule has 124 valence electrons. The topological polar surface area (TPSA) is 35.3 Å². The van der Waals surface area contributed by atoms with Crippen LogP contribution in [0, 0.1) is 12.3 Å². The molecule has 1 aromatic carbocycles. The van der Waals surface area contributed by atoms with Gasteiger partial charge in [0.15, 0.2) is 5.58 Å². The van der Waals surface area contributed by atoms with Gasteiger partial charge in [-0.15, -0.1) is 6.42 Å². The molecule has 0 unspecified atom stereocenters. The van der Waals surface area contributed by atoms with Crippen molar-refractivity contribution in [2.24, 2.45) is 0 Å². The number of fused-ring (bicyclic) bond motifs is 1. The molecule has 0 aliphatic carbocycles. The Labute approximate surface area is 137 Å². The van der Waals surface area contributed by atoms with Gasteiger partial charge in [-0.05, 0) is 37.3 Å². The number of ether oxygens (including phenoxy) is 1. The lowest BCUT2D eigenvalue weighted by molar-refractivity contribution is -0.137. The van der Waals surface area contributed by atoms with Crippen molar-refractivity contribution in [3.8, 4) is 12.3 Å². The third kappa shape index (κ3) is 3.69. The van der Waals surface area contributed by atoms with Crippen LogP contribution in [-0.4, -0.2) is 11.6 Å². The summed E-state index contributed by atoms with van der Waals surface area (Å²) in [6.45, 7) is 5.37. The molecule has 6 heteroatoms. The van der Waals surface area contributed by atoms with Gasteiger partial charge in [-0.25, -0.2) is 4.98 Å². The van der Waals surface area contributed by atoms with E-state index in [-0.39, 0.29) is 23.6 Å². The lowest BCUT2D eigenvalue weighted by Gasteiger charge is -2.08. The summed E-state index contributed by atoms with van der Waals surface area (Å²) in [5.41, 5.74) is -0.0194. The van der Waals surface area contributed by atoms with Crippen molar-refractivity contribution in [2.75, 3.05) is 6.61 Å². The Morgan fingerprint density at radius 1 is 1.46 bits per heavy atom. The van der Waals surface area contributed by atoms with E-state index in [2.05, 4.69) is 17.5 Å². The fraction of sp³-hybridized carbons (Fsp3) is 0.167. The number of alkyl halides is 3. The Morgan fingerprint density at radius 2 is 2.21 bits per heavy atom. The zero-order valence-electron chi connectivity index (χ0n) is 12.9. The summed E-state index contributed by atoms with van der Waals surface area (Å²) in [7, 11) is 0. The van der Waals surface area contributed by atoms with Crippen LogP contribution in [0.2, 0.25) is 0 Å². The number of rotatable bonds is 5. The molecule has 0 radical (unpaired) electrons. The predicted octanol–water partition coefficient (Wildman–Crippen LogP) is 4.97. The van der Waals surface area contributed by atoms with Crippen molar-refractivity contribution in [1.82, 2.24) is 4.98 Å². The Kier molecular flexibility index (Phi) is 5.14. The summed E-state index contributed by atoms with van der Waals surface area (Å²) in [6, 6.07) is 3.11. The van der Waals surface area contributed by atoms with E-state index in [0.29, 0.717) is 11.3 Å². The van der Waals surface area contributed by atoms with Gasteiger partial charge < -0.3 is 9.15 Å². The van der Waals surface area contributed by atoms with Crippen LogP contribution in [-0.2, 0) is 10.9 Å². The molecule has 24 heavy (non-hydrogen) atoms. The molecule has 0 atom stereocenters. The van der Waals surface area contributed by atoms with Crippen LogP contribution in [0.5, 0.6) is 0 Å². The first-order chi connectivity index (χ1) is 11.4. The number of nitrogens with zero attached hydrogens (tertiary/aromatic N) is 1. The monoisotopic (exact) mass is 333 g/mol. The van der Waals surface area contributed by atoms with Gasteiger partial charge in [0, 0.05) is 0 Å². The van der Waals surface area contributed by atoms with E-state index in [0.717, 1.165) is 12.1 Å². The molecule has 0 aliphatic rings. The number of terminal acetylenes is 1. The Bertz CT molecular complexity index is 851. The van der Waals surface area contributed by atoms with Crippen molar-refractivity contribution in [2.45, 2.75) is 13.1 Å². The molecule has 0 aliphatic heterocycles. The minimum Gasteiger partial charge on any atom is -0.480 e. The van der Waals surface area contributed by atoms with Crippen molar-refractivity contribution in [1.29, 1.82) is 0 Å². The molecule has 3 nitrogen and oxygen atoms in total. The number of aromatic nitrogens is 1. The highest BCUT2D eigenvalue weighted by Crippen LogP contribution is 2.33. The molecule has 1 heterocycles. The Hall–Kier alpha value is -2.94. The molecule has 0 N–H and O–H groups in total. The highest BCUT2D eigenvalue weighted by molar-refractivity contribution is 5.80. The molecule has 0 bridgehead atoms. The molecular formula is C18H14F3NO2. The molecule has 0 spiro atoms. The molecular weight excluding hydrogens is 319 g/mol. The van der Waals surface area contributed by atoms with Crippen LogP contribution in [0.25, 0.3) is 16.7 Å². The molecule has 1 aromatic heterocycles. The van der Waals surface area contributed by atoms with Crippen LogP contribution in [0.1, 0.15) is 18.4 Å². The van der Waals surface area contributed by atoms with Gasteiger partial charge in [-0.2, -0.15) is 13.2 Å². The highest BCUT2D eigenvalue weighted by Gasteiger charge is 2.31. The second-order valence-electron chi connectivity index (χ2n) is 4.66. The highest BCUT2D eigenvalue weighted by atomic mass is 19.4.